The van der Waals surface area contributed by atoms with Crippen LogP contribution in [0.25, 0.3) is 0 Å². The highest BCUT2D eigenvalue weighted by Gasteiger charge is 2.21. The molecule has 0 heterocycles. The van der Waals surface area contributed by atoms with Crippen molar-refractivity contribution in [3.8, 4) is 0 Å². The van der Waals surface area contributed by atoms with Crippen molar-refractivity contribution < 1.29 is 9.53 Å². The maximum absolute atomic E-state index is 11.8. The highest BCUT2D eigenvalue weighted by atomic mass is 16.5. The lowest BCUT2D eigenvalue weighted by Crippen LogP contribution is -2.48. The van der Waals surface area contributed by atoms with Gasteiger partial charge in [0.25, 0.3) is 0 Å². The van der Waals surface area contributed by atoms with Crippen LogP contribution in [0.4, 0.5) is 0 Å². The first-order valence-electron chi connectivity index (χ1n) is 7.23. The molecular weight excluding hydrogens is 242 g/mol. The van der Waals surface area contributed by atoms with E-state index >= 15 is 0 Å². The fourth-order valence-corrected chi connectivity index (χ4v) is 1.89. The quantitative estimate of drug-likeness (QED) is 0.564. The van der Waals surface area contributed by atoms with Gasteiger partial charge in [-0.25, -0.2) is 0 Å². The van der Waals surface area contributed by atoms with Crippen LogP contribution in [-0.2, 0) is 9.53 Å². The summed E-state index contributed by atoms with van der Waals surface area (Å²) in [7, 11) is 5.58. The second kappa shape index (κ2) is 11.2. The van der Waals surface area contributed by atoms with E-state index in [9.17, 15) is 4.79 Å². The second-order valence-electron chi connectivity index (χ2n) is 5.13. The number of esters is 1. The standard InChI is InChI=1S/C14H31N3O2/c1-6-8-15-13(14(18)19-5)12-17(9-7-2)11-10-16(3)4/h13,15H,6-12H2,1-5H3. The molecule has 0 bridgehead atoms. The number of ether oxygens (including phenoxy) is 1. The molecule has 114 valence electrons. The average Bonchev–Trinajstić information content (AvgIpc) is 2.39. The van der Waals surface area contributed by atoms with Crippen LogP contribution in [0.3, 0.4) is 0 Å². The van der Waals surface area contributed by atoms with Crippen molar-refractivity contribution in [2.75, 3.05) is 53.9 Å². The molecule has 1 N–H and O–H groups in total. The van der Waals surface area contributed by atoms with Gasteiger partial charge in [0, 0.05) is 19.6 Å². The van der Waals surface area contributed by atoms with E-state index in [4.69, 9.17) is 4.74 Å². The Balaban J connectivity index is 4.39. The Morgan fingerprint density at radius 1 is 1.16 bits per heavy atom. The van der Waals surface area contributed by atoms with Crippen molar-refractivity contribution in [3.63, 3.8) is 0 Å². The second-order valence-corrected chi connectivity index (χ2v) is 5.13. The lowest BCUT2D eigenvalue weighted by molar-refractivity contribution is -0.143. The number of hydrogen-bond acceptors (Lipinski definition) is 5. The Bertz CT molecular complexity index is 235. The Morgan fingerprint density at radius 2 is 1.84 bits per heavy atom. The SMILES string of the molecule is CCCNC(CN(CCC)CCN(C)C)C(=O)OC. The summed E-state index contributed by atoms with van der Waals surface area (Å²) in [5.74, 6) is -0.167. The molecule has 0 amide bonds. The van der Waals surface area contributed by atoms with Crippen molar-refractivity contribution in [1.82, 2.24) is 15.1 Å². The molecule has 1 atom stereocenters. The first-order valence-corrected chi connectivity index (χ1v) is 7.23. The van der Waals surface area contributed by atoms with E-state index < -0.39 is 0 Å². The van der Waals surface area contributed by atoms with Crippen LogP contribution in [0.5, 0.6) is 0 Å². The summed E-state index contributed by atoms with van der Waals surface area (Å²) < 4.78 is 4.88. The van der Waals surface area contributed by atoms with E-state index in [1.165, 1.54) is 7.11 Å². The fraction of sp³-hybridized carbons (Fsp3) is 0.929. The molecular formula is C14H31N3O2. The minimum Gasteiger partial charge on any atom is -0.468 e. The van der Waals surface area contributed by atoms with Gasteiger partial charge in [-0.05, 0) is 40.0 Å². The lowest BCUT2D eigenvalue weighted by Gasteiger charge is -2.27. The predicted octanol–water partition coefficient (Wildman–Crippen LogP) is 0.801. The topological polar surface area (TPSA) is 44.8 Å². The van der Waals surface area contributed by atoms with E-state index in [2.05, 4.69) is 43.1 Å². The largest absolute Gasteiger partial charge is 0.468 e. The third-order valence-corrected chi connectivity index (χ3v) is 2.97. The molecule has 0 aromatic rings. The molecule has 0 fully saturated rings. The normalized spacial score (nSPS) is 13.0. The van der Waals surface area contributed by atoms with Crippen LogP contribution in [0.15, 0.2) is 0 Å². The molecule has 19 heavy (non-hydrogen) atoms. The molecule has 0 aromatic carbocycles. The number of rotatable bonds is 11. The van der Waals surface area contributed by atoms with E-state index in [1.54, 1.807) is 0 Å². The van der Waals surface area contributed by atoms with Gasteiger partial charge in [0.05, 0.1) is 7.11 Å². The molecule has 0 aliphatic carbocycles. The van der Waals surface area contributed by atoms with Crippen LogP contribution in [0.1, 0.15) is 26.7 Å². The molecule has 0 radical (unpaired) electrons. The van der Waals surface area contributed by atoms with Gasteiger partial charge >= 0.3 is 5.97 Å². The molecule has 0 aromatic heterocycles. The first kappa shape index (κ1) is 18.4. The van der Waals surface area contributed by atoms with Gasteiger partial charge in [0.15, 0.2) is 0 Å². The van der Waals surface area contributed by atoms with E-state index in [0.717, 1.165) is 39.0 Å². The summed E-state index contributed by atoms with van der Waals surface area (Å²) >= 11 is 0. The predicted molar refractivity (Wildman–Crippen MR) is 79.4 cm³/mol. The van der Waals surface area contributed by atoms with E-state index in [1.807, 2.05) is 0 Å². The summed E-state index contributed by atoms with van der Waals surface area (Å²) in [5.41, 5.74) is 0. The minimum atomic E-state index is -0.223. The maximum Gasteiger partial charge on any atom is 0.324 e. The average molecular weight is 273 g/mol. The van der Waals surface area contributed by atoms with Gasteiger partial charge in [0.1, 0.15) is 6.04 Å². The number of likely N-dealkylation sites (N-methyl/N-ethyl adjacent to an activating group) is 1. The number of methoxy groups -OCH3 is 1. The minimum absolute atomic E-state index is 0.167. The molecule has 0 aliphatic rings. The molecule has 1 unspecified atom stereocenters. The van der Waals surface area contributed by atoms with Crippen molar-refractivity contribution in [2.45, 2.75) is 32.7 Å². The molecule has 0 rings (SSSR count). The van der Waals surface area contributed by atoms with Gasteiger partial charge in [-0.2, -0.15) is 0 Å². The number of nitrogens with zero attached hydrogens (tertiary/aromatic N) is 2. The van der Waals surface area contributed by atoms with Crippen LogP contribution in [0.2, 0.25) is 0 Å². The fourth-order valence-electron chi connectivity index (χ4n) is 1.89. The number of nitrogens with one attached hydrogen (secondary N) is 1. The number of carbonyl (C=O) groups is 1. The maximum atomic E-state index is 11.8. The van der Waals surface area contributed by atoms with Gasteiger partial charge in [-0.1, -0.05) is 13.8 Å². The Morgan fingerprint density at radius 3 is 2.32 bits per heavy atom. The van der Waals surface area contributed by atoms with Crippen LogP contribution >= 0.6 is 0 Å². The summed E-state index contributed by atoms with van der Waals surface area (Å²) in [6, 6.07) is -0.223. The van der Waals surface area contributed by atoms with Crippen molar-refractivity contribution in [3.05, 3.63) is 0 Å². The van der Waals surface area contributed by atoms with Crippen molar-refractivity contribution in [1.29, 1.82) is 0 Å². The third-order valence-electron chi connectivity index (χ3n) is 2.97. The highest BCUT2D eigenvalue weighted by Crippen LogP contribution is 1.98. The van der Waals surface area contributed by atoms with Crippen LogP contribution < -0.4 is 5.32 Å². The molecule has 0 saturated carbocycles. The summed E-state index contributed by atoms with van der Waals surface area (Å²) in [6.45, 7) is 8.80. The molecule has 0 spiro atoms. The molecule has 0 aliphatic heterocycles. The van der Waals surface area contributed by atoms with Crippen molar-refractivity contribution in [2.24, 2.45) is 0 Å². The zero-order valence-electron chi connectivity index (χ0n) is 13.2. The number of hydrogen-bond donors (Lipinski definition) is 1. The van der Waals surface area contributed by atoms with Gasteiger partial charge in [0.2, 0.25) is 0 Å². The molecule has 5 heteroatoms. The molecule has 5 nitrogen and oxygen atoms in total. The number of carbonyl (C=O) groups excluding carboxylic acids is 1. The lowest BCUT2D eigenvalue weighted by atomic mass is 10.2. The first-order chi connectivity index (χ1) is 9.04. The Kier molecular flexibility index (Phi) is 10.8. The zero-order valence-corrected chi connectivity index (χ0v) is 13.2. The smallest absolute Gasteiger partial charge is 0.324 e. The molecule has 0 saturated heterocycles. The van der Waals surface area contributed by atoms with E-state index in [-0.39, 0.29) is 12.0 Å². The summed E-state index contributed by atoms with van der Waals surface area (Å²) in [4.78, 5) is 16.3. The monoisotopic (exact) mass is 273 g/mol. The van der Waals surface area contributed by atoms with Gasteiger partial charge < -0.3 is 15.0 Å². The van der Waals surface area contributed by atoms with Crippen LogP contribution in [-0.4, -0.2) is 75.7 Å². The summed E-state index contributed by atoms with van der Waals surface area (Å²) in [6.07, 6.45) is 2.11. The summed E-state index contributed by atoms with van der Waals surface area (Å²) in [5, 5.41) is 3.27. The Hall–Kier alpha value is -0.650. The van der Waals surface area contributed by atoms with Crippen molar-refractivity contribution >= 4 is 5.97 Å². The van der Waals surface area contributed by atoms with Crippen LogP contribution in [0, 0.1) is 0 Å². The zero-order chi connectivity index (χ0) is 14.7. The highest BCUT2D eigenvalue weighted by molar-refractivity contribution is 5.75. The Labute approximate surface area is 118 Å². The third kappa shape index (κ3) is 8.97. The van der Waals surface area contributed by atoms with E-state index in [0.29, 0.717) is 6.54 Å². The van der Waals surface area contributed by atoms with Gasteiger partial charge in [-0.3, -0.25) is 9.69 Å². The van der Waals surface area contributed by atoms with Gasteiger partial charge in [-0.15, -0.1) is 0 Å².